The summed E-state index contributed by atoms with van der Waals surface area (Å²) in [4.78, 5) is 8.50. The Bertz CT molecular complexity index is 901. The zero-order valence-electron chi connectivity index (χ0n) is 16.8. The van der Waals surface area contributed by atoms with Crippen LogP contribution in [0.25, 0.3) is 10.9 Å². The number of nitrogens with zero attached hydrogens (tertiary/aromatic N) is 4. The van der Waals surface area contributed by atoms with E-state index >= 15 is 0 Å². The minimum Gasteiger partial charge on any atom is -0.357 e. The van der Waals surface area contributed by atoms with E-state index in [2.05, 4.69) is 75.8 Å². The van der Waals surface area contributed by atoms with Gasteiger partial charge in [-0.1, -0.05) is 6.07 Å². The molecule has 5 nitrogen and oxygen atoms in total. The van der Waals surface area contributed by atoms with Crippen molar-refractivity contribution in [1.29, 1.82) is 0 Å². The lowest BCUT2D eigenvalue weighted by atomic mass is 10.1. The molecule has 1 aliphatic heterocycles. The van der Waals surface area contributed by atoms with Gasteiger partial charge in [0.1, 0.15) is 0 Å². The number of likely N-dealkylation sites (tertiary alicyclic amines) is 1. The van der Waals surface area contributed by atoms with Crippen molar-refractivity contribution in [2.45, 2.75) is 46.3 Å². The number of aryl methyl sites for hydroxylation is 2. The molecular formula is C22H31N5. The average molecular weight is 366 g/mol. The van der Waals surface area contributed by atoms with Crippen LogP contribution in [0.15, 0.2) is 30.3 Å². The molecule has 0 saturated carbocycles. The monoisotopic (exact) mass is 365 g/mol. The highest BCUT2D eigenvalue weighted by atomic mass is 15.3. The molecule has 4 rings (SSSR count). The van der Waals surface area contributed by atoms with Gasteiger partial charge in [-0.3, -0.25) is 9.58 Å². The molecule has 1 saturated heterocycles. The summed E-state index contributed by atoms with van der Waals surface area (Å²) in [6.07, 6.45) is 2.68. The Labute approximate surface area is 162 Å². The van der Waals surface area contributed by atoms with E-state index < -0.39 is 0 Å². The van der Waals surface area contributed by atoms with Gasteiger partial charge < -0.3 is 9.88 Å². The number of likely N-dealkylation sites (N-methyl/N-ethyl adjacent to an activating group) is 1. The maximum atomic E-state index is 4.56. The standard InChI is InChI=1S/C22H31N5/c1-17-12-18(2)27(24-17)11-10-25(3)15-19-6-7-22-20(13-19)14-21(23-22)16-26-8-4-5-9-26/h6-7,12-14,23H,4-5,8-11,15-16H2,1-3H3. The van der Waals surface area contributed by atoms with E-state index in [0.29, 0.717) is 0 Å². The number of hydrogen-bond donors (Lipinski definition) is 1. The quantitative estimate of drug-likeness (QED) is 0.694. The van der Waals surface area contributed by atoms with Gasteiger partial charge in [0.05, 0.1) is 12.2 Å². The van der Waals surface area contributed by atoms with Gasteiger partial charge in [-0.25, -0.2) is 0 Å². The highest BCUT2D eigenvalue weighted by Gasteiger charge is 2.13. The molecule has 0 atom stereocenters. The first-order valence-corrected chi connectivity index (χ1v) is 10.1. The molecule has 27 heavy (non-hydrogen) atoms. The summed E-state index contributed by atoms with van der Waals surface area (Å²) in [6, 6.07) is 11.3. The second kappa shape index (κ2) is 7.87. The second-order valence-electron chi connectivity index (χ2n) is 8.09. The number of hydrogen-bond acceptors (Lipinski definition) is 3. The van der Waals surface area contributed by atoms with E-state index in [1.807, 2.05) is 0 Å². The molecule has 0 amide bonds. The molecule has 1 aliphatic rings. The Morgan fingerprint density at radius 1 is 1.11 bits per heavy atom. The predicted molar refractivity (Wildman–Crippen MR) is 111 cm³/mol. The lowest BCUT2D eigenvalue weighted by molar-refractivity contribution is 0.304. The molecule has 0 unspecified atom stereocenters. The Balaban J connectivity index is 1.37. The molecule has 1 fully saturated rings. The number of aromatic amines is 1. The number of rotatable bonds is 7. The van der Waals surface area contributed by atoms with Crippen molar-refractivity contribution in [3.63, 3.8) is 0 Å². The fourth-order valence-corrected chi connectivity index (χ4v) is 4.16. The van der Waals surface area contributed by atoms with Crippen molar-refractivity contribution < 1.29 is 0 Å². The van der Waals surface area contributed by atoms with Gasteiger partial charge >= 0.3 is 0 Å². The fraction of sp³-hybridized carbons (Fsp3) is 0.500. The molecule has 2 aromatic heterocycles. The third-order valence-electron chi connectivity index (χ3n) is 5.58. The van der Waals surface area contributed by atoms with E-state index in [4.69, 9.17) is 0 Å². The minimum atomic E-state index is 0.933. The number of H-pyrrole nitrogens is 1. The first kappa shape index (κ1) is 18.3. The van der Waals surface area contributed by atoms with Crippen LogP contribution in [0.2, 0.25) is 0 Å². The van der Waals surface area contributed by atoms with Crippen LogP contribution in [0.1, 0.15) is 35.5 Å². The molecule has 144 valence electrons. The van der Waals surface area contributed by atoms with Crippen molar-refractivity contribution in [3.05, 3.63) is 53.0 Å². The van der Waals surface area contributed by atoms with Crippen LogP contribution >= 0.6 is 0 Å². The highest BCUT2D eigenvalue weighted by molar-refractivity contribution is 5.81. The summed E-state index contributed by atoms with van der Waals surface area (Å²) < 4.78 is 2.10. The zero-order chi connectivity index (χ0) is 18.8. The Morgan fingerprint density at radius 2 is 1.93 bits per heavy atom. The highest BCUT2D eigenvalue weighted by Crippen LogP contribution is 2.20. The summed E-state index contributed by atoms with van der Waals surface area (Å²) in [5.41, 5.74) is 6.28. The van der Waals surface area contributed by atoms with Gasteiger partial charge in [0.2, 0.25) is 0 Å². The van der Waals surface area contributed by atoms with Gasteiger partial charge in [0.15, 0.2) is 0 Å². The lowest BCUT2D eigenvalue weighted by Crippen LogP contribution is -2.23. The van der Waals surface area contributed by atoms with Crippen molar-refractivity contribution in [2.75, 3.05) is 26.7 Å². The van der Waals surface area contributed by atoms with Crippen molar-refractivity contribution in [1.82, 2.24) is 24.6 Å². The predicted octanol–water partition coefficient (Wildman–Crippen LogP) is 3.71. The Kier molecular flexibility index (Phi) is 5.32. The first-order chi connectivity index (χ1) is 13.1. The van der Waals surface area contributed by atoms with Crippen LogP contribution in [0, 0.1) is 13.8 Å². The molecule has 0 spiro atoms. The summed E-state index contributed by atoms with van der Waals surface area (Å²) in [6.45, 7) is 10.6. The minimum absolute atomic E-state index is 0.933. The first-order valence-electron chi connectivity index (χ1n) is 10.1. The van der Waals surface area contributed by atoms with E-state index in [1.54, 1.807) is 0 Å². The number of benzene rings is 1. The normalized spacial score (nSPS) is 15.4. The lowest BCUT2D eigenvalue weighted by Gasteiger charge is -2.17. The third kappa shape index (κ3) is 4.42. The van der Waals surface area contributed by atoms with Crippen molar-refractivity contribution in [2.24, 2.45) is 0 Å². The largest absolute Gasteiger partial charge is 0.357 e. The summed E-state index contributed by atoms with van der Waals surface area (Å²) in [5.74, 6) is 0. The molecule has 0 aliphatic carbocycles. The van der Waals surface area contributed by atoms with E-state index in [-0.39, 0.29) is 0 Å². The van der Waals surface area contributed by atoms with Crippen LogP contribution < -0.4 is 0 Å². The number of aromatic nitrogens is 3. The van der Waals surface area contributed by atoms with Crippen LogP contribution in [0.4, 0.5) is 0 Å². The molecule has 0 bridgehead atoms. The van der Waals surface area contributed by atoms with E-state index in [9.17, 15) is 0 Å². The van der Waals surface area contributed by atoms with E-state index in [1.165, 1.54) is 53.8 Å². The van der Waals surface area contributed by atoms with Gasteiger partial charge in [0, 0.05) is 41.9 Å². The molecule has 5 heteroatoms. The Morgan fingerprint density at radius 3 is 2.67 bits per heavy atom. The number of fused-ring (bicyclic) bond motifs is 1. The molecule has 1 N–H and O–H groups in total. The Hall–Kier alpha value is -2.11. The second-order valence-corrected chi connectivity index (χ2v) is 8.09. The zero-order valence-corrected chi connectivity index (χ0v) is 16.8. The van der Waals surface area contributed by atoms with Crippen LogP contribution in [0.5, 0.6) is 0 Å². The van der Waals surface area contributed by atoms with Crippen LogP contribution in [0.3, 0.4) is 0 Å². The number of nitrogens with one attached hydrogen (secondary N) is 1. The molecule has 3 heterocycles. The van der Waals surface area contributed by atoms with Gasteiger partial charge in [-0.2, -0.15) is 5.10 Å². The maximum absolute atomic E-state index is 4.56. The summed E-state index contributed by atoms with van der Waals surface area (Å²) >= 11 is 0. The average Bonchev–Trinajstić information content (AvgIpc) is 3.33. The van der Waals surface area contributed by atoms with Gasteiger partial charge in [-0.05, 0) is 76.7 Å². The fourth-order valence-electron chi connectivity index (χ4n) is 4.16. The molecule has 1 aromatic carbocycles. The smallest absolute Gasteiger partial charge is 0.0596 e. The molecule has 3 aromatic rings. The van der Waals surface area contributed by atoms with Crippen LogP contribution in [-0.4, -0.2) is 51.2 Å². The van der Waals surface area contributed by atoms with Gasteiger partial charge in [0.25, 0.3) is 0 Å². The van der Waals surface area contributed by atoms with Crippen molar-refractivity contribution >= 4 is 10.9 Å². The maximum Gasteiger partial charge on any atom is 0.0596 e. The topological polar surface area (TPSA) is 40.1 Å². The molecular weight excluding hydrogens is 334 g/mol. The van der Waals surface area contributed by atoms with Crippen molar-refractivity contribution in [3.8, 4) is 0 Å². The third-order valence-corrected chi connectivity index (χ3v) is 5.58. The van der Waals surface area contributed by atoms with Crippen LogP contribution in [-0.2, 0) is 19.6 Å². The summed E-state index contributed by atoms with van der Waals surface area (Å²) in [5, 5.41) is 5.88. The molecule has 0 radical (unpaired) electrons. The van der Waals surface area contributed by atoms with Gasteiger partial charge in [-0.15, -0.1) is 0 Å². The SMILES string of the molecule is Cc1cc(C)n(CCN(C)Cc2ccc3[nH]c(CN4CCCC4)cc3c2)n1. The van der Waals surface area contributed by atoms with E-state index in [0.717, 1.165) is 31.9 Å². The summed E-state index contributed by atoms with van der Waals surface area (Å²) in [7, 11) is 2.19.